The molecule has 120 valence electrons. The van der Waals surface area contributed by atoms with Crippen molar-refractivity contribution in [2.45, 2.75) is 13.3 Å². The zero-order valence-electron chi connectivity index (χ0n) is 13.5. The van der Waals surface area contributed by atoms with Gasteiger partial charge >= 0.3 is 0 Å². The topological polar surface area (TPSA) is 66.9 Å². The standard InChI is InChI=1S/C16H22N2O4/c1-5-14(19)12-6-8-13(9-7-12)22-11-16(21)18(4)10-15(20)17(2)3/h6-9H,5,10-11H2,1-4H3. The zero-order chi connectivity index (χ0) is 16.7. The van der Waals surface area contributed by atoms with Gasteiger partial charge in [0.15, 0.2) is 12.4 Å². The van der Waals surface area contributed by atoms with Crippen LogP contribution in [0, 0.1) is 0 Å². The molecule has 0 spiro atoms. The maximum Gasteiger partial charge on any atom is 0.260 e. The van der Waals surface area contributed by atoms with Crippen LogP contribution in [0.2, 0.25) is 0 Å². The lowest BCUT2D eigenvalue weighted by atomic mass is 10.1. The fourth-order valence-corrected chi connectivity index (χ4v) is 1.63. The first kappa shape index (κ1) is 17.7. The number of carbonyl (C=O) groups is 3. The second-order valence-electron chi connectivity index (χ2n) is 5.13. The molecule has 0 saturated carbocycles. The van der Waals surface area contributed by atoms with Crippen molar-refractivity contribution in [1.29, 1.82) is 0 Å². The Labute approximate surface area is 130 Å². The average Bonchev–Trinajstić information content (AvgIpc) is 2.51. The predicted molar refractivity (Wildman–Crippen MR) is 82.9 cm³/mol. The van der Waals surface area contributed by atoms with Gasteiger partial charge in [-0.05, 0) is 24.3 Å². The summed E-state index contributed by atoms with van der Waals surface area (Å²) in [6.07, 6.45) is 0.448. The van der Waals surface area contributed by atoms with Crippen LogP contribution in [-0.2, 0) is 9.59 Å². The molecule has 0 aromatic heterocycles. The first-order valence-corrected chi connectivity index (χ1v) is 7.05. The number of benzene rings is 1. The molecule has 1 aromatic carbocycles. The number of amides is 2. The molecule has 0 unspecified atom stereocenters. The molecule has 1 rings (SSSR count). The van der Waals surface area contributed by atoms with Gasteiger partial charge in [-0.1, -0.05) is 6.92 Å². The molecule has 0 bridgehead atoms. The number of hydrogen-bond donors (Lipinski definition) is 0. The van der Waals surface area contributed by atoms with E-state index in [2.05, 4.69) is 0 Å². The van der Waals surface area contributed by atoms with Crippen molar-refractivity contribution in [1.82, 2.24) is 9.80 Å². The first-order valence-electron chi connectivity index (χ1n) is 7.05. The van der Waals surface area contributed by atoms with Crippen LogP contribution in [0.25, 0.3) is 0 Å². The number of rotatable bonds is 7. The van der Waals surface area contributed by atoms with Crippen molar-refractivity contribution in [3.63, 3.8) is 0 Å². The highest BCUT2D eigenvalue weighted by Crippen LogP contribution is 2.13. The molecule has 0 aliphatic rings. The van der Waals surface area contributed by atoms with E-state index in [1.165, 1.54) is 9.80 Å². The third-order valence-electron chi connectivity index (χ3n) is 3.16. The van der Waals surface area contributed by atoms with Crippen LogP contribution in [0.5, 0.6) is 5.75 Å². The largest absolute Gasteiger partial charge is 0.484 e. The minimum absolute atomic E-state index is 0.0130. The van der Waals surface area contributed by atoms with Crippen molar-refractivity contribution < 1.29 is 19.1 Å². The minimum atomic E-state index is -0.288. The van der Waals surface area contributed by atoms with Gasteiger partial charge in [-0.3, -0.25) is 14.4 Å². The minimum Gasteiger partial charge on any atom is -0.484 e. The summed E-state index contributed by atoms with van der Waals surface area (Å²) in [6.45, 7) is 1.66. The third kappa shape index (κ3) is 5.20. The molecule has 2 amide bonds. The maximum absolute atomic E-state index is 11.9. The predicted octanol–water partition coefficient (Wildman–Crippen LogP) is 1.20. The van der Waals surface area contributed by atoms with Crippen LogP contribution in [0.4, 0.5) is 0 Å². The Balaban J connectivity index is 2.50. The van der Waals surface area contributed by atoms with E-state index in [4.69, 9.17) is 4.74 Å². The van der Waals surface area contributed by atoms with Crippen LogP contribution in [0.3, 0.4) is 0 Å². The monoisotopic (exact) mass is 306 g/mol. The summed E-state index contributed by atoms with van der Waals surface area (Å²) in [5.74, 6) is 0.125. The van der Waals surface area contributed by atoms with E-state index in [0.29, 0.717) is 17.7 Å². The van der Waals surface area contributed by atoms with E-state index in [-0.39, 0.29) is 30.7 Å². The van der Waals surface area contributed by atoms with Gasteiger partial charge in [-0.2, -0.15) is 0 Å². The Hall–Kier alpha value is -2.37. The molecular formula is C16H22N2O4. The second kappa shape index (κ2) is 8.17. The third-order valence-corrected chi connectivity index (χ3v) is 3.16. The summed E-state index contributed by atoms with van der Waals surface area (Å²) in [6, 6.07) is 6.65. The Morgan fingerprint density at radius 3 is 2.09 bits per heavy atom. The van der Waals surface area contributed by atoms with E-state index < -0.39 is 0 Å². The maximum atomic E-state index is 11.9. The fourth-order valence-electron chi connectivity index (χ4n) is 1.63. The number of nitrogens with zero attached hydrogens (tertiary/aromatic N) is 2. The molecule has 0 atom stereocenters. The highest BCUT2D eigenvalue weighted by molar-refractivity contribution is 5.95. The number of hydrogen-bond acceptors (Lipinski definition) is 4. The molecule has 0 aliphatic heterocycles. The van der Waals surface area contributed by atoms with Crippen LogP contribution in [-0.4, -0.2) is 61.7 Å². The van der Waals surface area contributed by atoms with Gasteiger partial charge in [0.2, 0.25) is 5.91 Å². The smallest absolute Gasteiger partial charge is 0.260 e. The van der Waals surface area contributed by atoms with Crippen LogP contribution >= 0.6 is 0 Å². The van der Waals surface area contributed by atoms with Crippen LogP contribution in [0.15, 0.2) is 24.3 Å². The van der Waals surface area contributed by atoms with Gasteiger partial charge in [0.1, 0.15) is 5.75 Å². The van der Waals surface area contributed by atoms with Gasteiger partial charge in [-0.25, -0.2) is 0 Å². The van der Waals surface area contributed by atoms with Gasteiger partial charge in [0.25, 0.3) is 5.91 Å². The molecule has 22 heavy (non-hydrogen) atoms. The molecule has 0 N–H and O–H groups in total. The lowest BCUT2D eigenvalue weighted by Gasteiger charge is -2.19. The summed E-state index contributed by atoms with van der Waals surface area (Å²) in [7, 11) is 4.82. The van der Waals surface area contributed by atoms with E-state index in [1.807, 2.05) is 0 Å². The SMILES string of the molecule is CCC(=O)c1ccc(OCC(=O)N(C)CC(=O)N(C)C)cc1. The van der Waals surface area contributed by atoms with Crippen molar-refractivity contribution in [3.8, 4) is 5.75 Å². The van der Waals surface area contributed by atoms with Crippen molar-refractivity contribution >= 4 is 17.6 Å². The van der Waals surface area contributed by atoms with Gasteiger partial charge < -0.3 is 14.5 Å². The van der Waals surface area contributed by atoms with Gasteiger partial charge in [0.05, 0.1) is 6.54 Å². The average molecular weight is 306 g/mol. The Bertz CT molecular complexity index is 538. The molecule has 1 aromatic rings. The van der Waals surface area contributed by atoms with Gasteiger partial charge in [-0.15, -0.1) is 0 Å². The molecule has 6 nitrogen and oxygen atoms in total. The highest BCUT2D eigenvalue weighted by Gasteiger charge is 2.14. The Morgan fingerprint density at radius 1 is 1.00 bits per heavy atom. The van der Waals surface area contributed by atoms with E-state index >= 15 is 0 Å². The number of carbonyl (C=O) groups excluding carboxylic acids is 3. The van der Waals surface area contributed by atoms with E-state index in [0.717, 1.165) is 0 Å². The van der Waals surface area contributed by atoms with E-state index in [1.54, 1.807) is 52.3 Å². The Kier molecular flexibility index (Phi) is 6.56. The van der Waals surface area contributed by atoms with Crippen molar-refractivity contribution in [3.05, 3.63) is 29.8 Å². The molecule has 0 heterocycles. The summed E-state index contributed by atoms with van der Waals surface area (Å²) < 4.78 is 5.37. The molecule has 0 radical (unpaired) electrons. The van der Waals surface area contributed by atoms with Crippen molar-refractivity contribution in [2.75, 3.05) is 34.3 Å². The summed E-state index contributed by atoms with van der Waals surface area (Å²) >= 11 is 0. The number of likely N-dealkylation sites (N-methyl/N-ethyl adjacent to an activating group) is 2. The summed E-state index contributed by atoms with van der Waals surface area (Å²) in [5.41, 5.74) is 0.620. The lowest BCUT2D eigenvalue weighted by Crippen LogP contribution is -2.39. The quantitative estimate of drug-likeness (QED) is 0.710. The summed E-state index contributed by atoms with van der Waals surface area (Å²) in [4.78, 5) is 37.6. The Morgan fingerprint density at radius 2 is 1.59 bits per heavy atom. The number of ether oxygens (including phenoxy) is 1. The van der Waals surface area contributed by atoms with Crippen molar-refractivity contribution in [2.24, 2.45) is 0 Å². The molecular weight excluding hydrogens is 284 g/mol. The van der Waals surface area contributed by atoms with E-state index in [9.17, 15) is 14.4 Å². The van der Waals surface area contributed by atoms with Gasteiger partial charge in [0, 0.05) is 33.1 Å². The molecule has 0 fully saturated rings. The summed E-state index contributed by atoms with van der Waals surface area (Å²) in [5, 5.41) is 0. The zero-order valence-corrected chi connectivity index (χ0v) is 13.5. The number of ketones is 1. The molecule has 6 heteroatoms. The fraction of sp³-hybridized carbons (Fsp3) is 0.438. The normalized spacial score (nSPS) is 10.0. The number of Topliss-reactive ketones (excluding diaryl/α,β-unsaturated/α-hetero) is 1. The van der Waals surface area contributed by atoms with Crippen LogP contribution in [0.1, 0.15) is 23.7 Å². The molecule has 0 saturated heterocycles. The van der Waals surface area contributed by atoms with Crippen LogP contribution < -0.4 is 4.74 Å². The first-order chi connectivity index (χ1) is 10.3. The lowest BCUT2D eigenvalue weighted by molar-refractivity contribution is -0.139. The highest BCUT2D eigenvalue weighted by atomic mass is 16.5. The second-order valence-corrected chi connectivity index (χ2v) is 5.13. The molecule has 0 aliphatic carbocycles.